The van der Waals surface area contributed by atoms with Gasteiger partial charge in [-0.15, -0.1) is 0 Å². The lowest BCUT2D eigenvalue weighted by Gasteiger charge is -2.11. The van der Waals surface area contributed by atoms with Gasteiger partial charge in [0.15, 0.2) is 11.5 Å². The Labute approximate surface area is 197 Å². The normalized spacial score (nSPS) is 10.7. The maximum absolute atomic E-state index is 12.8. The lowest BCUT2D eigenvalue weighted by molar-refractivity contribution is 0.0946. The van der Waals surface area contributed by atoms with Gasteiger partial charge in [-0.2, -0.15) is 0 Å². The minimum Gasteiger partial charge on any atom is -0.496 e. The van der Waals surface area contributed by atoms with Gasteiger partial charge in [-0.25, -0.2) is 4.98 Å². The quantitative estimate of drug-likeness (QED) is 0.386. The Bertz CT molecular complexity index is 1330. The molecule has 2 aromatic heterocycles. The molecule has 0 atom stereocenters. The second kappa shape index (κ2) is 9.74. The van der Waals surface area contributed by atoms with Crippen LogP contribution >= 0.6 is 0 Å². The molecule has 4 rings (SSSR count). The van der Waals surface area contributed by atoms with Crippen LogP contribution in [0.15, 0.2) is 48.7 Å². The molecule has 176 valence electrons. The Morgan fingerprint density at radius 2 is 1.74 bits per heavy atom. The molecule has 0 aliphatic carbocycles. The van der Waals surface area contributed by atoms with Gasteiger partial charge in [-0.1, -0.05) is 18.2 Å². The zero-order chi connectivity index (χ0) is 24.2. The molecule has 0 fully saturated rings. The highest BCUT2D eigenvalue weighted by atomic mass is 16.5. The molecular formula is C26H27N3O5. The topological polar surface area (TPSA) is 94.7 Å². The molecule has 0 aliphatic rings. The smallest absolute Gasteiger partial charge is 0.268 e. The first-order chi connectivity index (χ1) is 16.4. The number of H-pyrrole nitrogens is 1. The van der Waals surface area contributed by atoms with Gasteiger partial charge in [0, 0.05) is 30.3 Å². The van der Waals surface area contributed by atoms with Crippen molar-refractivity contribution in [3.8, 4) is 28.9 Å². The zero-order valence-electron chi connectivity index (χ0n) is 19.8. The van der Waals surface area contributed by atoms with Gasteiger partial charge in [-0.3, -0.25) is 4.79 Å². The molecule has 4 aromatic rings. The van der Waals surface area contributed by atoms with Crippen LogP contribution in [0.4, 0.5) is 0 Å². The number of nitrogens with one attached hydrogen (secondary N) is 2. The predicted octanol–water partition coefficient (Wildman–Crippen LogP) is 4.93. The number of hydrogen-bond acceptors (Lipinski definition) is 6. The summed E-state index contributed by atoms with van der Waals surface area (Å²) in [5, 5.41) is 3.62. The van der Waals surface area contributed by atoms with Crippen LogP contribution in [0, 0.1) is 13.8 Å². The molecule has 0 saturated heterocycles. The van der Waals surface area contributed by atoms with Gasteiger partial charge < -0.3 is 29.2 Å². The number of aryl methyl sites for hydroxylation is 2. The van der Waals surface area contributed by atoms with Crippen molar-refractivity contribution < 1.29 is 23.7 Å². The molecule has 0 bridgehead atoms. The highest BCUT2D eigenvalue weighted by Gasteiger charge is 2.19. The molecule has 8 nitrogen and oxygen atoms in total. The Hall–Kier alpha value is -4.20. The molecule has 8 heteroatoms. The summed E-state index contributed by atoms with van der Waals surface area (Å²) < 4.78 is 22.2. The Morgan fingerprint density at radius 3 is 2.41 bits per heavy atom. The summed E-state index contributed by atoms with van der Waals surface area (Å²) in [5.74, 6) is 2.58. The fraction of sp³-hybridized carbons (Fsp3) is 0.231. The van der Waals surface area contributed by atoms with Crippen molar-refractivity contribution in [1.82, 2.24) is 15.3 Å². The number of nitrogens with zero attached hydrogens (tertiary/aromatic N) is 1. The van der Waals surface area contributed by atoms with Gasteiger partial charge in [0.25, 0.3) is 5.91 Å². The molecule has 0 saturated carbocycles. The Balaban J connectivity index is 1.47. The molecule has 2 aromatic carbocycles. The van der Waals surface area contributed by atoms with E-state index in [1.807, 2.05) is 38.1 Å². The summed E-state index contributed by atoms with van der Waals surface area (Å²) in [6.07, 6.45) is 1.68. The molecular weight excluding hydrogens is 434 g/mol. The number of carbonyl (C=O) groups is 1. The maximum Gasteiger partial charge on any atom is 0.268 e. The molecule has 0 unspecified atom stereocenters. The summed E-state index contributed by atoms with van der Waals surface area (Å²) in [6, 6.07) is 13.1. The first-order valence-electron chi connectivity index (χ1n) is 10.7. The van der Waals surface area contributed by atoms with Crippen molar-refractivity contribution in [2.45, 2.75) is 20.4 Å². The van der Waals surface area contributed by atoms with Crippen LogP contribution in [0.5, 0.6) is 28.9 Å². The summed E-state index contributed by atoms with van der Waals surface area (Å²) in [4.78, 5) is 20.3. The van der Waals surface area contributed by atoms with Crippen molar-refractivity contribution in [3.63, 3.8) is 0 Å². The number of amides is 1. The minimum atomic E-state index is -0.269. The first kappa shape index (κ1) is 23.0. The van der Waals surface area contributed by atoms with E-state index in [0.29, 0.717) is 40.9 Å². The number of fused-ring (bicyclic) bond motifs is 1. The van der Waals surface area contributed by atoms with Crippen LogP contribution in [0.25, 0.3) is 10.9 Å². The molecule has 34 heavy (non-hydrogen) atoms. The number of hydrogen-bond donors (Lipinski definition) is 2. The third-order valence-electron chi connectivity index (χ3n) is 5.49. The minimum absolute atomic E-state index is 0.269. The van der Waals surface area contributed by atoms with E-state index in [1.54, 1.807) is 45.7 Å². The van der Waals surface area contributed by atoms with Gasteiger partial charge >= 0.3 is 0 Å². The van der Waals surface area contributed by atoms with Crippen molar-refractivity contribution in [1.29, 1.82) is 0 Å². The highest BCUT2D eigenvalue weighted by molar-refractivity contribution is 6.02. The largest absolute Gasteiger partial charge is 0.496 e. The predicted molar refractivity (Wildman–Crippen MR) is 129 cm³/mol. The summed E-state index contributed by atoms with van der Waals surface area (Å²) in [5.41, 5.74) is 3.99. The van der Waals surface area contributed by atoms with Crippen molar-refractivity contribution in [2.75, 3.05) is 21.3 Å². The molecule has 0 aliphatic heterocycles. The number of benzene rings is 2. The Kier molecular flexibility index (Phi) is 6.58. The van der Waals surface area contributed by atoms with E-state index in [0.717, 1.165) is 27.8 Å². The van der Waals surface area contributed by atoms with Crippen LogP contribution < -0.4 is 24.3 Å². The third-order valence-corrected chi connectivity index (χ3v) is 5.49. The van der Waals surface area contributed by atoms with Crippen LogP contribution in [-0.2, 0) is 6.54 Å². The number of aromatic nitrogens is 2. The van der Waals surface area contributed by atoms with E-state index < -0.39 is 0 Å². The van der Waals surface area contributed by atoms with Crippen molar-refractivity contribution in [3.05, 3.63) is 71.0 Å². The van der Waals surface area contributed by atoms with E-state index in [4.69, 9.17) is 18.9 Å². The number of pyridine rings is 1. The second-order valence-electron chi connectivity index (χ2n) is 7.84. The number of methoxy groups -OCH3 is 3. The molecule has 0 spiro atoms. The lowest BCUT2D eigenvalue weighted by Crippen LogP contribution is -2.23. The number of ether oxygens (including phenoxy) is 4. The van der Waals surface area contributed by atoms with Gasteiger partial charge in [0.2, 0.25) is 5.88 Å². The number of rotatable bonds is 8. The average Bonchev–Trinajstić information content (AvgIpc) is 3.30. The molecule has 2 heterocycles. The van der Waals surface area contributed by atoms with Crippen LogP contribution in [0.1, 0.15) is 27.2 Å². The lowest BCUT2D eigenvalue weighted by atomic mass is 10.1. The van der Waals surface area contributed by atoms with Gasteiger partial charge in [-0.05, 0) is 42.7 Å². The Morgan fingerprint density at radius 1 is 0.941 bits per heavy atom. The van der Waals surface area contributed by atoms with Gasteiger partial charge in [0.1, 0.15) is 17.2 Å². The fourth-order valence-electron chi connectivity index (χ4n) is 3.64. The van der Waals surface area contributed by atoms with Crippen molar-refractivity contribution >= 4 is 16.8 Å². The highest BCUT2D eigenvalue weighted by Crippen LogP contribution is 2.41. The first-order valence-corrected chi connectivity index (χ1v) is 10.7. The average molecular weight is 462 g/mol. The third kappa shape index (κ3) is 4.61. The second-order valence-corrected chi connectivity index (χ2v) is 7.84. The van der Waals surface area contributed by atoms with E-state index in [1.165, 1.54) is 0 Å². The molecule has 0 radical (unpaired) electrons. The van der Waals surface area contributed by atoms with E-state index in [-0.39, 0.29) is 5.91 Å². The van der Waals surface area contributed by atoms with E-state index >= 15 is 0 Å². The van der Waals surface area contributed by atoms with Crippen LogP contribution in [0.3, 0.4) is 0 Å². The fourth-order valence-corrected chi connectivity index (χ4v) is 3.64. The number of aromatic amines is 1. The summed E-state index contributed by atoms with van der Waals surface area (Å²) in [6.45, 7) is 4.31. The number of carbonyl (C=O) groups excluding carboxylic acids is 1. The van der Waals surface area contributed by atoms with E-state index in [9.17, 15) is 4.79 Å². The summed E-state index contributed by atoms with van der Waals surface area (Å²) in [7, 11) is 4.66. The zero-order valence-corrected chi connectivity index (χ0v) is 19.8. The van der Waals surface area contributed by atoms with E-state index in [2.05, 4.69) is 15.3 Å². The van der Waals surface area contributed by atoms with Crippen molar-refractivity contribution in [2.24, 2.45) is 0 Å². The van der Waals surface area contributed by atoms with Crippen LogP contribution in [0.2, 0.25) is 0 Å². The monoisotopic (exact) mass is 461 g/mol. The molecule has 1 amide bonds. The van der Waals surface area contributed by atoms with Crippen LogP contribution in [-0.4, -0.2) is 37.2 Å². The standard InChI is InChI=1S/C26H27N3O5/c1-15-6-7-16(2)20(10-15)34-23-9-8-17(13-27-23)14-28-26(30)19-11-18-21(31-3)12-22(32-4)25(33-5)24(18)29-19/h6-13,29H,14H2,1-5H3,(H,28,30). The maximum atomic E-state index is 12.8. The summed E-state index contributed by atoms with van der Waals surface area (Å²) >= 11 is 0. The van der Waals surface area contributed by atoms with Gasteiger partial charge in [0.05, 0.1) is 26.8 Å². The SMILES string of the molecule is COc1cc(OC)c2cc(C(=O)NCc3ccc(Oc4cc(C)ccc4C)nc3)[nH]c2c1OC. The molecule has 2 N–H and O–H groups in total.